The first kappa shape index (κ1) is 12.5. The Bertz CT molecular complexity index is 469. The van der Waals surface area contributed by atoms with E-state index in [0.29, 0.717) is 12.5 Å². The van der Waals surface area contributed by atoms with Crippen molar-refractivity contribution in [2.24, 2.45) is 5.92 Å². The fourth-order valence-corrected chi connectivity index (χ4v) is 3.12. The Balaban J connectivity index is 1.88. The van der Waals surface area contributed by atoms with Gasteiger partial charge in [-0.2, -0.15) is 0 Å². The van der Waals surface area contributed by atoms with Crippen molar-refractivity contribution in [3.63, 3.8) is 0 Å². The number of aryl methyl sites for hydroxylation is 1. The largest absolute Gasteiger partial charge is 0.447 e. The molecule has 1 N–H and O–H groups in total. The van der Waals surface area contributed by atoms with Crippen LogP contribution in [-0.4, -0.2) is 31.8 Å². The molecule has 2 aliphatic heterocycles. The van der Waals surface area contributed by atoms with Crippen molar-refractivity contribution in [3.05, 3.63) is 29.8 Å². The molecule has 2 saturated heterocycles. The van der Waals surface area contributed by atoms with Crippen molar-refractivity contribution >= 4 is 11.8 Å². The summed E-state index contributed by atoms with van der Waals surface area (Å²) < 4.78 is 5.31. The third-order valence-electron chi connectivity index (χ3n) is 4.21. The van der Waals surface area contributed by atoms with E-state index >= 15 is 0 Å². The summed E-state index contributed by atoms with van der Waals surface area (Å²) >= 11 is 0. The molecular weight excluding hydrogens is 240 g/mol. The molecule has 102 valence electrons. The molecule has 1 atom stereocenters. The molecule has 2 fully saturated rings. The number of hydrogen-bond acceptors (Lipinski definition) is 3. The number of rotatable bonds is 2. The number of cyclic esters (lactones) is 1. The smallest absolute Gasteiger partial charge is 0.414 e. The summed E-state index contributed by atoms with van der Waals surface area (Å²) in [4.78, 5) is 13.9. The minimum Gasteiger partial charge on any atom is -0.447 e. The van der Waals surface area contributed by atoms with E-state index in [1.807, 2.05) is 36.1 Å². The minimum atomic E-state index is -0.196. The number of nitrogens with one attached hydrogen (secondary N) is 1. The van der Waals surface area contributed by atoms with Crippen LogP contribution < -0.4 is 10.2 Å². The molecule has 2 heterocycles. The Kier molecular flexibility index (Phi) is 3.42. The number of carbonyl (C=O) groups is 1. The molecule has 2 aliphatic rings. The van der Waals surface area contributed by atoms with E-state index in [4.69, 9.17) is 4.74 Å². The number of ether oxygens (including phenoxy) is 1. The number of anilines is 1. The second-order valence-corrected chi connectivity index (χ2v) is 5.39. The number of piperidine rings is 1. The van der Waals surface area contributed by atoms with Gasteiger partial charge in [0.1, 0.15) is 6.61 Å². The van der Waals surface area contributed by atoms with Crippen LogP contribution >= 0.6 is 0 Å². The zero-order valence-corrected chi connectivity index (χ0v) is 11.3. The van der Waals surface area contributed by atoms with E-state index in [1.54, 1.807) is 0 Å². The first-order valence-corrected chi connectivity index (χ1v) is 6.99. The van der Waals surface area contributed by atoms with Crippen molar-refractivity contribution in [1.29, 1.82) is 0 Å². The summed E-state index contributed by atoms with van der Waals surface area (Å²) in [6.07, 6.45) is 2.03. The van der Waals surface area contributed by atoms with Gasteiger partial charge in [-0.15, -0.1) is 0 Å². The monoisotopic (exact) mass is 260 g/mol. The van der Waals surface area contributed by atoms with Crippen LogP contribution in [0.25, 0.3) is 0 Å². The highest BCUT2D eigenvalue weighted by Gasteiger charge is 2.39. The molecule has 1 aromatic rings. The third kappa shape index (κ3) is 2.32. The van der Waals surface area contributed by atoms with Gasteiger partial charge in [0, 0.05) is 0 Å². The molecule has 0 aliphatic carbocycles. The van der Waals surface area contributed by atoms with Crippen molar-refractivity contribution < 1.29 is 9.53 Å². The summed E-state index contributed by atoms with van der Waals surface area (Å²) in [6, 6.07) is 8.22. The molecule has 19 heavy (non-hydrogen) atoms. The quantitative estimate of drug-likeness (QED) is 0.887. The Labute approximate surface area is 113 Å². The zero-order valence-electron chi connectivity index (χ0n) is 11.3. The van der Waals surface area contributed by atoms with Crippen LogP contribution in [0.2, 0.25) is 0 Å². The Morgan fingerprint density at radius 2 is 2.00 bits per heavy atom. The lowest BCUT2D eigenvalue weighted by atomic mass is 9.89. The van der Waals surface area contributed by atoms with Gasteiger partial charge in [0.15, 0.2) is 0 Å². The molecule has 4 heteroatoms. The maximum Gasteiger partial charge on any atom is 0.414 e. The van der Waals surface area contributed by atoms with E-state index in [0.717, 1.165) is 37.2 Å². The van der Waals surface area contributed by atoms with Gasteiger partial charge in [-0.25, -0.2) is 4.79 Å². The van der Waals surface area contributed by atoms with E-state index in [2.05, 4.69) is 5.32 Å². The molecule has 0 bridgehead atoms. The standard InChI is InChI=1S/C15H20N2O2/c1-11-4-2-3-5-13(11)17-14(10-19-15(17)18)12-6-8-16-9-7-12/h2-5,12,14,16H,6-10H2,1H3. The Hall–Kier alpha value is -1.55. The maximum atomic E-state index is 12.1. The average Bonchev–Trinajstić information content (AvgIpc) is 2.82. The van der Waals surface area contributed by atoms with Gasteiger partial charge in [0.25, 0.3) is 0 Å². The molecule has 0 radical (unpaired) electrons. The number of nitrogens with zero attached hydrogens (tertiary/aromatic N) is 1. The Morgan fingerprint density at radius 3 is 2.74 bits per heavy atom. The normalized spacial score (nSPS) is 24.6. The number of amides is 1. The van der Waals surface area contributed by atoms with Crippen molar-refractivity contribution in [1.82, 2.24) is 5.32 Å². The fourth-order valence-electron chi connectivity index (χ4n) is 3.12. The highest BCUT2D eigenvalue weighted by molar-refractivity contribution is 5.91. The van der Waals surface area contributed by atoms with Crippen LogP contribution in [0.5, 0.6) is 0 Å². The Morgan fingerprint density at radius 1 is 1.26 bits per heavy atom. The van der Waals surface area contributed by atoms with Gasteiger partial charge >= 0.3 is 6.09 Å². The lowest BCUT2D eigenvalue weighted by molar-refractivity contribution is 0.174. The molecule has 0 saturated carbocycles. The molecule has 1 unspecified atom stereocenters. The highest BCUT2D eigenvalue weighted by atomic mass is 16.6. The van der Waals surface area contributed by atoms with E-state index < -0.39 is 0 Å². The van der Waals surface area contributed by atoms with Crippen molar-refractivity contribution in [2.45, 2.75) is 25.8 Å². The summed E-state index contributed by atoms with van der Waals surface area (Å²) in [7, 11) is 0. The summed E-state index contributed by atoms with van der Waals surface area (Å²) in [5.41, 5.74) is 2.12. The topological polar surface area (TPSA) is 41.6 Å². The van der Waals surface area contributed by atoms with Crippen LogP contribution in [0.4, 0.5) is 10.5 Å². The summed E-state index contributed by atoms with van der Waals surface area (Å²) in [6.45, 7) is 4.65. The van der Waals surface area contributed by atoms with Crippen LogP contribution in [0.3, 0.4) is 0 Å². The van der Waals surface area contributed by atoms with Gasteiger partial charge in [-0.05, 0) is 50.4 Å². The predicted molar refractivity (Wildman–Crippen MR) is 74.4 cm³/mol. The second kappa shape index (κ2) is 5.21. The van der Waals surface area contributed by atoms with Crippen LogP contribution in [0.15, 0.2) is 24.3 Å². The van der Waals surface area contributed by atoms with Crippen molar-refractivity contribution in [3.8, 4) is 0 Å². The van der Waals surface area contributed by atoms with Gasteiger partial charge in [0.2, 0.25) is 0 Å². The minimum absolute atomic E-state index is 0.190. The number of carbonyl (C=O) groups excluding carboxylic acids is 1. The zero-order chi connectivity index (χ0) is 13.2. The molecule has 3 rings (SSSR count). The molecule has 0 spiro atoms. The lowest BCUT2D eigenvalue weighted by Crippen LogP contribution is -2.43. The van der Waals surface area contributed by atoms with Crippen LogP contribution in [0, 0.1) is 12.8 Å². The van der Waals surface area contributed by atoms with Gasteiger partial charge < -0.3 is 10.1 Å². The lowest BCUT2D eigenvalue weighted by Gasteiger charge is -2.32. The molecular formula is C15H20N2O2. The van der Waals surface area contributed by atoms with Gasteiger partial charge in [-0.1, -0.05) is 18.2 Å². The van der Waals surface area contributed by atoms with Gasteiger partial charge in [-0.3, -0.25) is 4.90 Å². The van der Waals surface area contributed by atoms with Crippen LogP contribution in [0.1, 0.15) is 18.4 Å². The first-order chi connectivity index (χ1) is 9.27. The second-order valence-electron chi connectivity index (χ2n) is 5.39. The average molecular weight is 260 g/mol. The molecule has 1 aromatic carbocycles. The summed E-state index contributed by atoms with van der Waals surface area (Å²) in [5.74, 6) is 0.535. The number of para-hydroxylation sites is 1. The van der Waals surface area contributed by atoms with Crippen LogP contribution in [-0.2, 0) is 4.74 Å². The van der Waals surface area contributed by atoms with E-state index in [-0.39, 0.29) is 12.1 Å². The molecule has 0 aromatic heterocycles. The molecule has 4 nitrogen and oxygen atoms in total. The summed E-state index contributed by atoms with van der Waals surface area (Å²) in [5, 5.41) is 3.37. The maximum absolute atomic E-state index is 12.1. The third-order valence-corrected chi connectivity index (χ3v) is 4.21. The first-order valence-electron chi connectivity index (χ1n) is 6.99. The van der Waals surface area contributed by atoms with E-state index in [9.17, 15) is 4.79 Å². The number of hydrogen-bond donors (Lipinski definition) is 1. The SMILES string of the molecule is Cc1ccccc1N1C(=O)OCC1C1CCNCC1. The van der Waals surface area contributed by atoms with Gasteiger partial charge in [0.05, 0.1) is 11.7 Å². The van der Waals surface area contributed by atoms with Crippen molar-refractivity contribution in [2.75, 3.05) is 24.6 Å². The fraction of sp³-hybridized carbons (Fsp3) is 0.533. The predicted octanol–water partition coefficient (Wildman–Crippen LogP) is 2.32. The van der Waals surface area contributed by atoms with E-state index in [1.165, 1.54) is 0 Å². The molecule has 1 amide bonds. The number of benzene rings is 1. The highest BCUT2D eigenvalue weighted by Crippen LogP contribution is 2.32.